The molecule has 0 radical (unpaired) electrons. The first-order valence-corrected chi connectivity index (χ1v) is 7.76. The quantitative estimate of drug-likeness (QED) is 0.339. The van der Waals surface area contributed by atoms with Crippen LogP contribution in [0.1, 0.15) is 52.4 Å². The summed E-state index contributed by atoms with van der Waals surface area (Å²) < 4.78 is 9.90. The third kappa shape index (κ3) is 12.6. The highest BCUT2D eigenvalue weighted by atomic mass is 32.2. The van der Waals surface area contributed by atoms with Crippen LogP contribution in [0.2, 0.25) is 0 Å². The molecule has 0 heterocycles. The molecule has 0 aromatic rings. The molecular weight excluding hydrogens is 231 g/mol. The molecule has 0 rings (SSSR count). The van der Waals surface area contributed by atoms with E-state index >= 15 is 0 Å². The molecule has 0 aromatic heterocycles. The van der Waals surface area contributed by atoms with Gasteiger partial charge in [-0.3, -0.25) is 0 Å². The molecule has 0 fully saturated rings. The zero-order valence-electron chi connectivity index (χ0n) is 9.78. The lowest BCUT2D eigenvalue weighted by Crippen LogP contribution is -1.86. The van der Waals surface area contributed by atoms with E-state index in [-0.39, 0.29) is 0 Å². The first kappa shape index (κ1) is 15.7. The Balaban J connectivity index is 2.98. The van der Waals surface area contributed by atoms with Crippen molar-refractivity contribution >= 4 is 20.6 Å². The Kier molecular flexibility index (Phi) is 13.3. The number of unbranched alkanes of at least 4 members (excludes halogenated alkanes) is 5. The second-order valence-electron chi connectivity index (χ2n) is 3.32. The molecule has 0 amide bonds. The van der Waals surface area contributed by atoms with Crippen LogP contribution >= 0.6 is 20.6 Å². The Morgan fingerprint density at radius 1 is 1.07 bits per heavy atom. The minimum Gasteiger partial charge on any atom is -0.327 e. The van der Waals surface area contributed by atoms with E-state index in [1.54, 1.807) is 0 Å². The Bertz CT molecular complexity index is 127. The molecule has 1 N–H and O–H groups in total. The zero-order chi connectivity index (χ0) is 11.4. The van der Waals surface area contributed by atoms with E-state index in [1.165, 1.54) is 44.1 Å². The predicted octanol–water partition coefficient (Wildman–Crippen LogP) is 4.27. The van der Waals surface area contributed by atoms with E-state index in [0.29, 0.717) is 6.61 Å². The number of hydrogen-bond donors (Lipinski definition) is 1. The molecule has 0 saturated heterocycles. The maximum atomic E-state index is 9.12. The average molecular weight is 254 g/mol. The summed E-state index contributed by atoms with van der Waals surface area (Å²) in [5, 5.41) is 0. The van der Waals surface area contributed by atoms with Gasteiger partial charge in [-0.2, -0.15) is 0 Å². The summed E-state index contributed by atoms with van der Waals surface area (Å²) >= 11 is 1.32. The lowest BCUT2D eigenvalue weighted by molar-refractivity contribution is 0.284. The van der Waals surface area contributed by atoms with Gasteiger partial charge < -0.3 is 9.42 Å². The lowest BCUT2D eigenvalue weighted by atomic mass is 10.1. The van der Waals surface area contributed by atoms with Crippen molar-refractivity contribution in [2.24, 2.45) is 0 Å². The van der Waals surface area contributed by atoms with Crippen LogP contribution in [-0.2, 0) is 8.49 Å². The van der Waals surface area contributed by atoms with Crippen LogP contribution in [0.25, 0.3) is 0 Å². The molecule has 0 aliphatic carbocycles. The van der Waals surface area contributed by atoms with E-state index in [1.807, 2.05) is 6.92 Å². The van der Waals surface area contributed by atoms with Crippen LogP contribution in [-0.4, -0.2) is 17.3 Å². The van der Waals surface area contributed by atoms with Gasteiger partial charge in [0.25, 0.3) is 0 Å². The van der Waals surface area contributed by atoms with Gasteiger partial charge in [-0.25, -0.2) is 3.97 Å². The molecule has 0 spiro atoms. The van der Waals surface area contributed by atoms with Crippen molar-refractivity contribution in [3.05, 3.63) is 0 Å². The fourth-order valence-corrected chi connectivity index (χ4v) is 2.53. The normalized spacial score (nSPS) is 13.0. The third-order valence-electron chi connectivity index (χ3n) is 1.94. The van der Waals surface area contributed by atoms with Gasteiger partial charge in [0.2, 0.25) is 0 Å². The van der Waals surface area contributed by atoms with Gasteiger partial charge in [-0.05, 0) is 13.3 Å². The number of rotatable bonds is 11. The van der Waals surface area contributed by atoms with Gasteiger partial charge in [0, 0.05) is 17.8 Å². The third-order valence-corrected chi connectivity index (χ3v) is 3.80. The fraction of sp³-hybridized carbons (Fsp3) is 1.00. The van der Waals surface area contributed by atoms with Gasteiger partial charge >= 0.3 is 8.60 Å². The fourth-order valence-electron chi connectivity index (χ4n) is 1.16. The van der Waals surface area contributed by atoms with E-state index in [0.717, 1.165) is 12.2 Å². The smallest absolute Gasteiger partial charge is 0.327 e. The van der Waals surface area contributed by atoms with Gasteiger partial charge in [0.1, 0.15) is 0 Å². The molecule has 92 valence electrons. The van der Waals surface area contributed by atoms with Crippen molar-refractivity contribution in [3.63, 3.8) is 0 Å². The molecule has 15 heavy (non-hydrogen) atoms. The summed E-state index contributed by atoms with van der Waals surface area (Å²) in [6.07, 6.45) is 7.70. The lowest BCUT2D eigenvalue weighted by Gasteiger charge is -2.07. The minimum absolute atomic E-state index is 0.500. The van der Waals surface area contributed by atoms with Crippen molar-refractivity contribution in [1.82, 2.24) is 0 Å². The Hall–Kier alpha value is 0.660. The topological polar surface area (TPSA) is 38.7 Å². The van der Waals surface area contributed by atoms with E-state index < -0.39 is 8.60 Å². The Morgan fingerprint density at radius 3 is 2.40 bits per heavy atom. The molecule has 3 nitrogen and oxygen atoms in total. The minimum atomic E-state index is -1.65. The first-order chi connectivity index (χ1) is 7.31. The summed E-state index contributed by atoms with van der Waals surface area (Å²) in [5.41, 5.74) is 0. The molecule has 0 aliphatic rings. The highest BCUT2D eigenvalue weighted by Gasteiger charge is 2.04. The number of hydrogen-bond acceptors (Lipinski definition) is 4. The highest BCUT2D eigenvalue weighted by molar-refractivity contribution is 7.97. The van der Waals surface area contributed by atoms with Crippen molar-refractivity contribution in [2.45, 2.75) is 52.4 Å². The van der Waals surface area contributed by atoms with Gasteiger partial charge in [-0.15, -0.1) is 0 Å². The van der Waals surface area contributed by atoms with Gasteiger partial charge in [0.15, 0.2) is 0 Å². The molecule has 0 aliphatic heterocycles. The van der Waals surface area contributed by atoms with Crippen LogP contribution in [0.4, 0.5) is 0 Å². The largest absolute Gasteiger partial charge is 0.342 e. The monoisotopic (exact) mass is 254 g/mol. The predicted molar refractivity (Wildman–Crippen MR) is 67.7 cm³/mol. The van der Waals surface area contributed by atoms with Crippen LogP contribution in [0, 0.1) is 0 Å². The second-order valence-corrected chi connectivity index (χ2v) is 5.29. The molecule has 0 saturated carbocycles. The maximum Gasteiger partial charge on any atom is 0.342 e. The van der Waals surface area contributed by atoms with Gasteiger partial charge in [0.05, 0.1) is 6.61 Å². The maximum absolute atomic E-state index is 9.12. The molecule has 1 atom stereocenters. The molecular formula is C10H23O3PS. The Morgan fingerprint density at radius 2 is 1.73 bits per heavy atom. The summed E-state index contributed by atoms with van der Waals surface area (Å²) in [6.45, 7) is 4.56. The van der Waals surface area contributed by atoms with Crippen LogP contribution in [0.3, 0.4) is 0 Å². The summed E-state index contributed by atoms with van der Waals surface area (Å²) in [6, 6.07) is 0. The highest BCUT2D eigenvalue weighted by Crippen LogP contribution is 2.37. The second kappa shape index (κ2) is 12.7. The average Bonchev–Trinajstić information content (AvgIpc) is 2.22. The Labute approximate surface area is 99.1 Å². The molecule has 1 unspecified atom stereocenters. The van der Waals surface area contributed by atoms with Crippen molar-refractivity contribution < 1.29 is 13.4 Å². The van der Waals surface area contributed by atoms with Crippen molar-refractivity contribution in [1.29, 1.82) is 0 Å². The summed E-state index contributed by atoms with van der Waals surface area (Å²) in [4.78, 5) is 9.12. The summed E-state index contributed by atoms with van der Waals surface area (Å²) in [7, 11) is -1.65. The van der Waals surface area contributed by atoms with Crippen LogP contribution in [0.5, 0.6) is 0 Å². The van der Waals surface area contributed by atoms with E-state index in [2.05, 4.69) is 6.92 Å². The van der Waals surface area contributed by atoms with E-state index in [9.17, 15) is 0 Å². The van der Waals surface area contributed by atoms with Crippen molar-refractivity contribution in [2.75, 3.05) is 12.4 Å². The first-order valence-electron chi connectivity index (χ1n) is 5.72. The zero-order valence-corrected chi connectivity index (χ0v) is 11.5. The molecule has 0 bridgehead atoms. The van der Waals surface area contributed by atoms with E-state index in [4.69, 9.17) is 13.4 Å². The van der Waals surface area contributed by atoms with Crippen LogP contribution in [0.15, 0.2) is 0 Å². The molecule has 5 heteroatoms. The summed E-state index contributed by atoms with van der Waals surface area (Å²) in [5.74, 6) is 0.943. The standard InChI is InChI=1S/C10H23O3PS/c1-3-5-6-7-8-9-10-15-13-14(11)12-4-2/h11H,3-10H2,1-2H3. The van der Waals surface area contributed by atoms with Gasteiger partial charge in [-0.1, -0.05) is 39.0 Å². The SMILES string of the molecule is CCCCCCCCSOP(O)OCC. The van der Waals surface area contributed by atoms with Crippen molar-refractivity contribution in [3.8, 4) is 0 Å². The van der Waals surface area contributed by atoms with Crippen LogP contribution < -0.4 is 0 Å². The molecule has 0 aromatic carbocycles.